The lowest BCUT2D eigenvalue weighted by molar-refractivity contribution is 0.582. The van der Waals surface area contributed by atoms with E-state index in [4.69, 9.17) is 11.6 Å². The lowest BCUT2D eigenvalue weighted by atomic mass is 9.99. The molecule has 1 unspecified atom stereocenters. The van der Waals surface area contributed by atoms with Gasteiger partial charge in [-0.3, -0.25) is 0 Å². The van der Waals surface area contributed by atoms with Crippen LogP contribution in [0.5, 0.6) is 0 Å². The predicted molar refractivity (Wildman–Crippen MR) is 86.1 cm³/mol. The Morgan fingerprint density at radius 2 is 2.05 bits per heavy atom. The molecule has 0 heterocycles. The molecule has 0 saturated heterocycles. The Kier molecular flexibility index (Phi) is 5.19. The van der Waals surface area contributed by atoms with E-state index in [0.717, 1.165) is 26.1 Å². The van der Waals surface area contributed by atoms with E-state index in [1.807, 2.05) is 31.3 Å². The number of halogens is 3. The topological polar surface area (TPSA) is 12.0 Å². The Morgan fingerprint density at radius 3 is 2.74 bits per heavy atom. The van der Waals surface area contributed by atoms with E-state index in [2.05, 4.69) is 27.9 Å². The van der Waals surface area contributed by atoms with Crippen molar-refractivity contribution in [1.29, 1.82) is 0 Å². The summed E-state index contributed by atoms with van der Waals surface area (Å²) in [6.07, 6.45) is 0.727. The highest BCUT2D eigenvalue weighted by atomic mass is 127. The van der Waals surface area contributed by atoms with Crippen molar-refractivity contribution in [2.24, 2.45) is 0 Å². The van der Waals surface area contributed by atoms with Gasteiger partial charge in [0.05, 0.1) is 0 Å². The summed E-state index contributed by atoms with van der Waals surface area (Å²) in [5.41, 5.74) is 2.11. The van der Waals surface area contributed by atoms with E-state index in [1.165, 1.54) is 6.07 Å². The van der Waals surface area contributed by atoms with Crippen LogP contribution < -0.4 is 5.32 Å². The zero-order valence-corrected chi connectivity index (χ0v) is 13.4. The Hall–Kier alpha value is -0.650. The molecule has 0 spiro atoms. The lowest BCUT2D eigenvalue weighted by Gasteiger charge is -2.18. The maximum absolute atomic E-state index is 13.2. The van der Waals surface area contributed by atoms with Crippen molar-refractivity contribution in [2.75, 3.05) is 7.05 Å². The second-order valence-electron chi connectivity index (χ2n) is 4.34. The van der Waals surface area contributed by atoms with Crippen LogP contribution in [0.1, 0.15) is 17.2 Å². The molecule has 0 bridgehead atoms. The first kappa shape index (κ1) is 14.8. The first-order valence-corrected chi connectivity index (χ1v) is 7.42. The van der Waals surface area contributed by atoms with E-state index in [-0.39, 0.29) is 11.9 Å². The van der Waals surface area contributed by atoms with Crippen molar-refractivity contribution >= 4 is 34.2 Å². The molecular formula is C15H14ClFIN. The van der Waals surface area contributed by atoms with Crippen LogP contribution in [0.2, 0.25) is 5.02 Å². The molecule has 0 radical (unpaired) electrons. The van der Waals surface area contributed by atoms with Crippen molar-refractivity contribution in [3.05, 3.63) is 68.0 Å². The molecule has 2 aromatic rings. The molecule has 4 heteroatoms. The molecule has 0 aromatic heterocycles. The fourth-order valence-electron chi connectivity index (χ4n) is 2.05. The number of rotatable bonds is 4. The summed E-state index contributed by atoms with van der Waals surface area (Å²) in [5.74, 6) is -0.201. The average molecular weight is 390 g/mol. The number of benzene rings is 2. The third-order valence-electron chi connectivity index (χ3n) is 3.01. The highest BCUT2D eigenvalue weighted by Crippen LogP contribution is 2.26. The zero-order valence-electron chi connectivity index (χ0n) is 10.5. The van der Waals surface area contributed by atoms with Gasteiger partial charge < -0.3 is 5.32 Å². The molecule has 1 N–H and O–H groups in total. The molecule has 0 aliphatic heterocycles. The van der Waals surface area contributed by atoms with Crippen LogP contribution in [0, 0.1) is 9.39 Å². The Morgan fingerprint density at radius 1 is 1.26 bits per heavy atom. The Balaban J connectivity index is 2.27. The van der Waals surface area contributed by atoms with Gasteiger partial charge >= 0.3 is 0 Å². The second kappa shape index (κ2) is 6.68. The minimum absolute atomic E-state index is 0.118. The molecule has 2 aromatic carbocycles. The normalized spacial score (nSPS) is 12.4. The van der Waals surface area contributed by atoms with E-state index in [1.54, 1.807) is 12.1 Å². The molecule has 0 aliphatic rings. The summed E-state index contributed by atoms with van der Waals surface area (Å²) in [6, 6.07) is 12.7. The number of hydrogen-bond donors (Lipinski definition) is 1. The predicted octanol–water partition coefficient (Wildman–Crippen LogP) is 4.59. The van der Waals surface area contributed by atoms with Gasteiger partial charge in [-0.15, -0.1) is 0 Å². The smallest absolute Gasteiger partial charge is 0.123 e. The SMILES string of the molecule is CNC(Cc1cccc(F)c1)c1cc(Cl)ccc1I. The molecule has 0 saturated carbocycles. The standard InChI is InChI=1S/C15H14ClFIN/c1-19-15(8-10-3-2-4-12(17)7-10)13-9-11(16)5-6-14(13)18/h2-7,9,15,19H,8H2,1H3. The molecule has 1 nitrogen and oxygen atoms in total. The molecular weight excluding hydrogens is 376 g/mol. The maximum atomic E-state index is 13.2. The Bertz CT molecular complexity index is 574. The molecule has 1 atom stereocenters. The third kappa shape index (κ3) is 3.91. The van der Waals surface area contributed by atoms with Crippen LogP contribution in [0.4, 0.5) is 4.39 Å². The van der Waals surface area contributed by atoms with Crippen LogP contribution >= 0.6 is 34.2 Å². The largest absolute Gasteiger partial charge is 0.313 e. The highest BCUT2D eigenvalue weighted by molar-refractivity contribution is 14.1. The van der Waals surface area contributed by atoms with Crippen molar-refractivity contribution < 1.29 is 4.39 Å². The Labute approximate surface area is 131 Å². The van der Waals surface area contributed by atoms with Crippen LogP contribution in [-0.2, 0) is 6.42 Å². The maximum Gasteiger partial charge on any atom is 0.123 e. The van der Waals surface area contributed by atoms with Gasteiger partial charge in [-0.05, 0) is 77.5 Å². The molecule has 19 heavy (non-hydrogen) atoms. The summed E-state index contributed by atoms with van der Waals surface area (Å²) in [6.45, 7) is 0. The van der Waals surface area contributed by atoms with Gasteiger partial charge in [0.15, 0.2) is 0 Å². The summed E-state index contributed by atoms with van der Waals surface area (Å²) in [7, 11) is 1.90. The number of nitrogens with one attached hydrogen (secondary N) is 1. The highest BCUT2D eigenvalue weighted by Gasteiger charge is 2.14. The zero-order chi connectivity index (χ0) is 13.8. The first-order chi connectivity index (χ1) is 9.10. The van der Waals surface area contributed by atoms with E-state index >= 15 is 0 Å². The van der Waals surface area contributed by atoms with Gasteiger partial charge in [-0.2, -0.15) is 0 Å². The summed E-state index contributed by atoms with van der Waals surface area (Å²) in [5, 5.41) is 3.99. The summed E-state index contributed by atoms with van der Waals surface area (Å²) < 4.78 is 14.4. The third-order valence-corrected chi connectivity index (χ3v) is 4.23. The number of hydrogen-bond acceptors (Lipinski definition) is 1. The monoisotopic (exact) mass is 389 g/mol. The van der Waals surface area contributed by atoms with E-state index in [9.17, 15) is 4.39 Å². The van der Waals surface area contributed by atoms with Crippen LogP contribution in [0.25, 0.3) is 0 Å². The molecule has 2 rings (SSSR count). The van der Waals surface area contributed by atoms with Gasteiger partial charge in [0.2, 0.25) is 0 Å². The molecule has 0 amide bonds. The lowest BCUT2D eigenvalue weighted by Crippen LogP contribution is -2.20. The van der Waals surface area contributed by atoms with Gasteiger partial charge in [0.25, 0.3) is 0 Å². The van der Waals surface area contributed by atoms with Crippen molar-refractivity contribution in [3.63, 3.8) is 0 Å². The van der Waals surface area contributed by atoms with Crippen LogP contribution in [0.15, 0.2) is 42.5 Å². The van der Waals surface area contributed by atoms with Gasteiger partial charge in [0, 0.05) is 14.6 Å². The van der Waals surface area contributed by atoms with Crippen molar-refractivity contribution in [2.45, 2.75) is 12.5 Å². The summed E-state index contributed by atoms with van der Waals surface area (Å²) >= 11 is 8.35. The van der Waals surface area contributed by atoms with Crippen LogP contribution in [-0.4, -0.2) is 7.05 Å². The quantitative estimate of drug-likeness (QED) is 0.754. The average Bonchev–Trinajstić information content (AvgIpc) is 2.39. The molecule has 0 fully saturated rings. The fraction of sp³-hybridized carbons (Fsp3) is 0.200. The molecule has 100 valence electrons. The minimum Gasteiger partial charge on any atom is -0.313 e. The van der Waals surface area contributed by atoms with Crippen molar-refractivity contribution in [1.82, 2.24) is 5.32 Å². The summed E-state index contributed by atoms with van der Waals surface area (Å²) in [4.78, 5) is 0. The van der Waals surface area contributed by atoms with Gasteiger partial charge in [0.1, 0.15) is 5.82 Å². The molecule has 0 aliphatic carbocycles. The number of likely N-dealkylation sites (N-methyl/N-ethyl adjacent to an activating group) is 1. The van der Waals surface area contributed by atoms with Crippen molar-refractivity contribution in [3.8, 4) is 0 Å². The van der Waals surface area contributed by atoms with Crippen LogP contribution in [0.3, 0.4) is 0 Å². The van der Waals surface area contributed by atoms with E-state index < -0.39 is 0 Å². The van der Waals surface area contributed by atoms with Gasteiger partial charge in [-0.25, -0.2) is 4.39 Å². The van der Waals surface area contributed by atoms with E-state index in [0.29, 0.717) is 0 Å². The fourth-order valence-corrected chi connectivity index (χ4v) is 2.94. The minimum atomic E-state index is -0.201. The second-order valence-corrected chi connectivity index (χ2v) is 5.94. The van der Waals surface area contributed by atoms with Gasteiger partial charge in [-0.1, -0.05) is 23.7 Å². The first-order valence-electron chi connectivity index (χ1n) is 5.97.